The van der Waals surface area contributed by atoms with Gasteiger partial charge in [-0.2, -0.15) is 0 Å². The van der Waals surface area contributed by atoms with E-state index in [1.54, 1.807) is 0 Å². The van der Waals surface area contributed by atoms with Gasteiger partial charge in [-0.05, 0) is 30.9 Å². The molecule has 1 aromatic rings. The lowest BCUT2D eigenvalue weighted by Crippen LogP contribution is -2.45. The summed E-state index contributed by atoms with van der Waals surface area (Å²) in [5, 5.41) is 2.96. The van der Waals surface area contributed by atoms with Crippen molar-refractivity contribution >= 4 is 5.91 Å². The largest absolute Gasteiger partial charge is 0.372 e. The summed E-state index contributed by atoms with van der Waals surface area (Å²) >= 11 is 0. The highest BCUT2D eigenvalue weighted by Gasteiger charge is 2.20. The van der Waals surface area contributed by atoms with Crippen molar-refractivity contribution in [2.45, 2.75) is 39.3 Å². The van der Waals surface area contributed by atoms with Crippen LogP contribution in [0.5, 0.6) is 0 Å². The molecule has 0 aliphatic carbocycles. The Morgan fingerprint density at radius 1 is 1.38 bits per heavy atom. The molecule has 0 fully saturated rings. The molecule has 1 amide bonds. The third-order valence-electron chi connectivity index (χ3n) is 3.96. The zero-order valence-electron chi connectivity index (χ0n) is 13.1. The van der Waals surface area contributed by atoms with Gasteiger partial charge in [0.05, 0.1) is 0 Å². The molecule has 0 saturated heterocycles. The molecule has 1 atom stereocenters. The molecule has 1 heterocycles. The minimum Gasteiger partial charge on any atom is -0.372 e. The van der Waals surface area contributed by atoms with E-state index in [0.29, 0.717) is 19.2 Å². The summed E-state index contributed by atoms with van der Waals surface area (Å²) in [6, 6.07) is 8.96. The summed E-state index contributed by atoms with van der Waals surface area (Å²) in [4.78, 5) is 14.1. The molecule has 116 valence electrons. The van der Waals surface area contributed by atoms with E-state index in [-0.39, 0.29) is 12.5 Å². The molecule has 0 aromatic heterocycles. The predicted molar refractivity (Wildman–Crippen MR) is 84.1 cm³/mol. The van der Waals surface area contributed by atoms with Crippen molar-refractivity contribution in [1.29, 1.82) is 0 Å². The number of carbonyl (C=O) groups is 1. The first-order chi connectivity index (χ1) is 10.2. The zero-order chi connectivity index (χ0) is 15.1. The Balaban J connectivity index is 1.74. The molecule has 1 N–H and O–H groups in total. The number of benzene rings is 1. The molecule has 21 heavy (non-hydrogen) atoms. The van der Waals surface area contributed by atoms with E-state index in [2.05, 4.69) is 41.4 Å². The monoisotopic (exact) mass is 290 g/mol. The van der Waals surface area contributed by atoms with E-state index in [1.165, 1.54) is 11.1 Å². The van der Waals surface area contributed by atoms with Gasteiger partial charge in [-0.15, -0.1) is 0 Å². The summed E-state index contributed by atoms with van der Waals surface area (Å²) in [6.45, 7) is 7.72. The van der Waals surface area contributed by atoms with Gasteiger partial charge in [0.1, 0.15) is 6.61 Å². The minimum absolute atomic E-state index is 0.0206. The first kappa shape index (κ1) is 16.0. The van der Waals surface area contributed by atoms with Gasteiger partial charge in [-0.25, -0.2) is 0 Å². The van der Waals surface area contributed by atoms with Gasteiger partial charge >= 0.3 is 0 Å². The second kappa shape index (κ2) is 8.15. The van der Waals surface area contributed by atoms with Crippen LogP contribution >= 0.6 is 0 Å². The zero-order valence-corrected chi connectivity index (χ0v) is 13.1. The van der Waals surface area contributed by atoms with E-state index in [1.807, 2.05) is 6.92 Å². The smallest absolute Gasteiger partial charge is 0.246 e. The fraction of sp³-hybridized carbons (Fsp3) is 0.588. The van der Waals surface area contributed by atoms with Gasteiger partial charge in [-0.3, -0.25) is 9.69 Å². The van der Waals surface area contributed by atoms with Crippen LogP contribution in [-0.2, 0) is 22.5 Å². The van der Waals surface area contributed by atoms with E-state index >= 15 is 0 Å². The van der Waals surface area contributed by atoms with Crippen molar-refractivity contribution < 1.29 is 9.53 Å². The first-order valence-electron chi connectivity index (χ1n) is 7.86. The van der Waals surface area contributed by atoms with Gasteiger partial charge in [-0.1, -0.05) is 31.2 Å². The van der Waals surface area contributed by atoms with Gasteiger partial charge in [0, 0.05) is 32.3 Å². The summed E-state index contributed by atoms with van der Waals surface area (Å²) in [5.41, 5.74) is 2.87. The third-order valence-corrected chi connectivity index (χ3v) is 3.96. The van der Waals surface area contributed by atoms with Crippen LogP contribution in [0.4, 0.5) is 0 Å². The molecule has 2 rings (SSSR count). The van der Waals surface area contributed by atoms with Gasteiger partial charge in [0.15, 0.2) is 0 Å². The Morgan fingerprint density at radius 2 is 2.14 bits per heavy atom. The lowest BCUT2D eigenvalue weighted by molar-refractivity contribution is -0.125. The summed E-state index contributed by atoms with van der Waals surface area (Å²) in [6.07, 6.45) is 2.03. The molecule has 4 heteroatoms. The topological polar surface area (TPSA) is 41.6 Å². The third kappa shape index (κ3) is 4.83. The molecule has 1 aliphatic heterocycles. The fourth-order valence-corrected chi connectivity index (χ4v) is 2.64. The number of nitrogens with one attached hydrogen (secondary N) is 1. The summed E-state index contributed by atoms with van der Waals surface area (Å²) < 4.78 is 5.24. The van der Waals surface area contributed by atoms with E-state index < -0.39 is 0 Å². The van der Waals surface area contributed by atoms with Crippen LogP contribution < -0.4 is 5.32 Å². The SMILES string of the molecule is CCCOCC(=O)NC[C@@H](C)N1CCc2ccccc2C1. The Bertz CT molecular complexity index is 462. The molecular weight excluding hydrogens is 264 g/mol. The normalized spacial score (nSPS) is 16.3. The van der Waals surface area contributed by atoms with Crippen LogP contribution in [0.25, 0.3) is 0 Å². The number of ether oxygens (including phenoxy) is 1. The van der Waals surface area contributed by atoms with Crippen LogP contribution in [0.15, 0.2) is 24.3 Å². The average molecular weight is 290 g/mol. The summed E-state index contributed by atoms with van der Waals surface area (Å²) in [5.74, 6) is -0.0206. The van der Waals surface area contributed by atoms with Crippen molar-refractivity contribution in [3.63, 3.8) is 0 Å². The maximum absolute atomic E-state index is 11.6. The standard InChI is InChI=1S/C17H26N2O2/c1-3-10-21-13-17(20)18-11-14(2)19-9-8-15-6-4-5-7-16(15)12-19/h4-7,14H,3,8-13H2,1-2H3,(H,18,20)/t14-/m1/s1. The number of carbonyl (C=O) groups excluding carboxylic acids is 1. The average Bonchev–Trinajstić information content (AvgIpc) is 2.52. The second-order valence-corrected chi connectivity index (χ2v) is 5.69. The van der Waals surface area contributed by atoms with E-state index in [9.17, 15) is 4.79 Å². The molecule has 4 nitrogen and oxygen atoms in total. The van der Waals surface area contributed by atoms with Crippen molar-refractivity contribution in [2.75, 3.05) is 26.3 Å². The number of hydrogen-bond donors (Lipinski definition) is 1. The van der Waals surface area contributed by atoms with Crippen LogP contribution in [0.2, 0.25) is 0 Å². The van der Waals surface area contributed by atoms with Crippen molar-refractivity contribution in [1.82, 2.24) is 10.2 Å². The van der Waals surface area contributed by atoms with Crippen LogP contribution in [0, 0.1) is 0 Å². The van der Waals surface area contributed by atoms with Crippen LogP contribution in [0.3, 0.4) is 0 Å². The quantitative estimate of drug-likeness (QED) is 0.781. The molecular formula is C17H26N2O2. The van der Waals surface area contributed by atoms with E-state index in [4.69, 9.17) is 4.74 Å². The Hall–Kier alpha value is -1.39. The minimum atomic E-state index is -0.0206. The Kier molecular flexibility index (Phi) is 6.21. The molecule has 0 bridgehead atoms. The van der Waals surface area contributed by atoms with Crippen molar-refractivity contribution in [3.05, 3.63) is 35.4 Å². The van der Waals surface area contributed by atoms with E-state index in [0.717, 1.165) is 25.9 Å². The molecule has 0 saturated carbocycles. The van der Waals surface area contributed by atoms with Crippen LogP contribution in [0.1, 0.15) is 31.4 Å². The van der Waals surface area contributed by atoms with Gasteiger partial charge < -0.3 is 10.1 Å². The molecule has 1 aromatic carbocycles. The Morgan fingerprint density at radius 3 is 2.90 bits per heavy atom. The maximum atomic E-state index is 11.6. The lowest BCUT2D eigenvalue weighted by atomic mass is 9.99. The highest BCUT2D eigenvalue weighted by molar-refractivity contribution is 5.77. The number of hydrogen-bond acceptors (Lipinski definition) is 3. The number of rotatable bonds is 7. The second-order valence-electron chi connectivity index (χ2n) is 5.69. The first-order valence-corrected chi connectivity index (χ1v) is 7.86. The number of fused-ring (bicyclic) bond motifs is 1. The molecule has 0 radical (unpaired) electrons. The van der Waals surface area contributed by atoms with Gasteiger partial charge in [0.2, 0.25) is 5.91 Å². The van der Waals surface area contributed by atoms with Crippen LogP contribution in [-0.4, -0.2) is 43.2 Å². The number of nitrogens with zero attached hydrogens (tertiary/aromatic N) is 1. The Labute approximate surface area is 127 Å². The highest BCUT2D eigenvalue weighted by atomic mass is 16.5. The molecule has 1 aliphatic rings. The fourth-order valence-electron chi connectivity index (χ4n) is 2.64. The van der Waals surface area contributed by atoms with Gasteiger partial charge in [0.25, 0.3) is 0 Å². The molecule has 0 unspecified atom stereocenters. The predicted octanol–water partition coefficient (Wildman–Crippen LogP) is 1.98. The highest BCUT2D eigenvalue weighted by Crippen LogP contribution is 2.19. The van der Waals surface area contributed by atoms with Crippen molar-refractivity contribution in [3.8, 4) is 0 Å². The maximum Gasteiger partial charge on any atom is 0.246 e. The summed E-state index contributed by atoms with van der Waals surface area (Å²) in [7, 11) is 0. The lowest BCUT2D eigenvalue weighted by Gasteiger charge is -2.33. The molecule has 0 spiro atoms. The van der Waals surface area contributed by atoms with Crippen molar-refractivity contribution in [2.24, 2.45) is 0 Å². The number of amides is 1.